The number of hydrogen-bond donors (Lipinski definition) is 2. The van der Waals surface area contributed by atoms with Crippen molar-refractivity contribution < 1.29 is 52.4 Å². The summed E-state index contributed by atoms with van der Waals surface area (Å²) in [4.78, 5) is 10.2. The van der Waals surface area contributed by atoms with Crippen molar-refractivity contribution in [3.05, 3.63) is 0 Å². The van der Waals surface area contributed by atoms with Gasteiger partial charge in [-0.3, -0.25) is 4.57 Å². The second-order valence-electron chi connectivity index (χ2n) is 1.47. The Morgan fingerprint density at radius 3 is 1.50 bits per heavy atom. The minimum atomic E-state index is -5.86. The van der Waals surface area contributed by atoms with Crippen LogP contribution in [0.4, 0.5) is 7.77 Å². The molecule has 14 heavy (non-hydrogen) atoms. The molecule has 0 aromatic rings. The zero-order valence-electron chi connectivity index (χ0n) is 6.47. The molecule has 0 aromatic carbocycles. The van der Waals surface area contributed by atoms with Gasteiger partial charge in [-0.25, -0.2) is 9.56 Å². The molecule has 0 saturated carbocycles. The predicted octanol–water partition coefficient (Wildman–Crippen LogP) is -2.82. The third-order valence-corrected chi connectivity index (χ3v) is 3.37. The van der Waals surface area contributed by atoms with Crippen LogP contribution in [0.5, 0.6) is 0 Å². The Hall–Kier alpha value is 0.467. The van der Waals surface area contributed by atoms with Gasteiger partial charge in [-0.1, -0.05) is 7.77 Å². The summed E-state index contributed by atoms with van der Waals surface area (Å²) in [6.07, 6.45) is 0. The molecular formula is H2F2LiN2O6PS2. The molecule has 0 aliphatic carbocycles. The first kappa shape index (κ1) is 16.9. The van der Waals surface area contributed by atoms with E-state index in [1.807, 2.05) is 0 Å². The summed E-state index contributed by atoms with van der Waals surface area (Å²) < 4.78 is 70.2. The third kappa shape index (κ3) is 10.5. The molecule has 0 saturated heterocycles. The van der Waals surface area contributed by atoms with Gasteiger partial charge in [0.25, 0.3) is 7.82 Å². The molecule has 2 atom stereocenters. The number of hydrogen-bond acceptors (Lipinski definition) is 8. The predicted molar refractivity (Wildman–Crippen MR) is 33.7 cm³/mol. The van der Waals surface area contributed by atoms with E-state index in [0.29, 0.717) is 0 Å². The van der Waals surface area contributed by atoms with E-state index < -0.39 is 28.6 Å². The molecule has 0 bridgehead atoms. The van der Waals surface area contributed by atoms with Crippen LogP contribution in [0.1, 0.15) is 0 Å². The van der Waals surface area contributed by atoms with Crippen molar-refractivity contribution in [1.29, 1.82) is 9.56 Å². The zero-order valence-corrected chi connectivity index (χ0v) is 9.00. The standard InChI is InChI=1S/F2H3N2O6PS2.Li/c1-12(3,7)9-11(5,6)10-13(2,4)8;/h3-4H,(H,5,6);/q;+1/p-1. The smallest absolute Gasteiger partial charge is 0.755 e. The topological polar surface area (TPSA) is 140 Å². The van der Waals surface area contributed by atoms with Gasteiger partial charge in [-0.2, -0.15) is 16.4 Å². The Labute approximate surface area is 90.7 Å². The molecule has 2 N–H and O–H groups in total. The summed E-state index contributed by atoms with van der Waals surface area (Å²) >= 11 is 0. The van der Waals surface area contributed by atoms with Crippen LogP contribution in [0, 0.1) is 9.56 Å². The molecule has 8 nitrogen and oxygen atoms in total. The van der Waals surface area contributed by atoms with Crippen LogP contribution in [-0.2, 0) is 33.3 Å². The molecule has 0 rings (SSSR count). The zero-order chi connectivity index (χ0) is 10.9. The van der Waals surface area contributed by atoms with E-state index in [2.05, 4.69) is 7.94 Å². The summed E-state index contributed by atoms with van der Waals surface area (Å²) in [7, 11) is -16.7. The van der Waals surface area contributed by atoms with E-state index in [9.17, 15) is 25.6 Å². The van der Waals surface area contributed by atoms with Crippen molar-refractivity contribution in [2.75, 3.05) is 0 Å². The van der Waals surface area contributed by atoms with Gasteiger partial charge < -0.3 is 4.89 Å². The SMILES string of the molecule is N=S(=O)(F)OP(=O)([O-])OS(=N)(=O)F.[Li+]. The van der Waals surface area contributed by atoms with Crippen molar-refractivity contribution in [2.45, 2.75) is 0 Å². The van der Waals surface area contributed by atoms with E-state index in [1.54, 1.807) is 0 Å². The van der Waals surface area contributed by atoms with Gasteiger partial charge in [-0.05, 0) is 0 Å². The van der Waals surface area contributed by atoms with E-state index in [4.69, 9.17) is 9.56 Å². The monoisotopic (exact) mass is 266 g/mol. The van der Waals surface area contributed by atoms with E-state index in [0.717, 1.165) is 0 Å². The van der Waals surface area contributed by atoms with E-state index in [-0.39, 0.29) is 18.9 Å². The van der Waals surface area contributed by atoms with Gasteiger partial charge >= 0.3 is 39.7 Å². The van der Waals surface area contributed by atoms with Crippen molar-refractivity contribution in [3.63, 3.8) is 0 Å². The average molecular weight is 266 g/mol. The van der Waals surface area contributed by atoms with E-state index >= 15 is 0 Å². The van der Waals surface area contributed by atoms with E-state index in [1.165, 1.54) is 0 Å². The van der Waals surface area contributed by atoms with Crippen molar-refractivity contribution in [3.8, 4) is 0 Å². The molecule has 0 spiro atoms. The molecular weight excluding hydrogens is 264 g/mol. The van der Waals surface area contributed by atoms with Crippen molar-refractivity contribution >= 4 is 28.6 Å². The molecule has 0 amide bonds. The van der Waals surface area contributed by atoms with Gasteiger partial charge in [0.15, 0.2) is 0 Å². The second kappa shape index (κ2) is 5.00. The van der Waals surface area contributed by atoms with Crippen LogP contribution in [0.25, 0.3) is 0 Å². The van der Waals surface area contributed by atoms with Crippen LogP contribution in [0.3, 0.4) is 0 Å². The molecule has 0 aliphatic rings. The van der Waals surface area contributed by atoms with Crippen LogP contribution >= 0.6 is 7.82 Å². The van der Waals surface area contributed by atoms with Crippen molar-refractivity contribution in [2.24, 2.45) is 0 Å². The molecule has 0 fully saturated rings. The maximum absolute atomic E-state index is 11.7. The molecule has 0 radical (unpaired) electrons. The number of nitrogens with one attached hydrogen (secondary N) is 2. The van der Waals surface area contributed by atoms with Crippen LogP contribution in [0.2, 0.25) is 0 Å². The van der Waals surface area contributed by atoms with Gasteiger partial charge in [0.2, 0.25) is 0 Å². The van der Waals surface area contributed by atoms with Crippen LogP contribution in [-0.4, -0.2) is 8.42 Å². The fourth-order valence-corrected chi connectivity index (χ4v) is 2.45. The molecule has 2 unspecified atom stereocenters. The number of phosphoric acid groups is 1. The van der Waals surface area contributed by atoms with Gasteiger partial charge in [-0.15, -0.1) is 0 Å². The van der Waals surface area contributed by atoms with Crippen LogP contribution in [0.15, 0.2) is 0 Å². The van der Waals surface area contributed by atoms with Crippen molar-refractivity contribution in [1.82, 2.24) is 0 Å². The summed E-state index contributed by atoms with van der Waals surface area (Å²) in [5.41, 5.74) is 0. The summed E-state index contributed by atoms with van der Waals surface area (Å²) in [5.74, 6) is 0. The minimum Gasteiger partial charge on any atom is -0.755 e. The molecule has 14 heteroatoms. The summed E-state index contributed by atoms with van der Waals surface area (Å²) in [6, 6.07) is 0. The normalized spacial score (nSPS) is 23.6. The third-order valence-electron chi connectivity index (χ3n) is 0.374. The van der Waals surface area contributed by atoms with Gasteiger partial charge in [0, 0.05) is 0 Å². The summed E-state index contributed by atoms with van der Waals surface area (Å²) in [5, 5.41) is 0. The fraction of sp³-hybridized carbons (Fsp3) is 0. The molecule has 0 heterocycles. The molecule has 80 valence electrons. The first-order valence-corrected chi connectivity index (χ1v) is 6.34. The number of halogens is 2. The van der Waals surface area contributed by atoms with Gasteiger partial charge in [0.1, 0.15) is 0 Å². The maximum Gasteiger partial charge on any atom is 1.00 e. The first-order chi connectivity index (χ1) is 5.41. The Balaban J connectivity index is 0. The Morgan fingerprint density at radius 1 is 1.14 bits per heavy atom. The Bertz CT molecular complexity index is 389. The maximum atomic E-state index is 11.7. The second-order valence-corrected chi connectivity index (χ2v) is 5.31. The first-order valence-electron chi connectivity index (χ1n) is 2.11. The Morgan fingerprint density at radius 2 is 1.36 bits per heavy atom. The molecule has 0 aliphatic heterocycles. The fourth-order valence-electron chi connectivity index (χ4n) is 0.247. The quantitative estimate of drug-likeness (QED) is 0.319. The number of rotatable bonds is 4. The summed E-state index contributed by atoms with van der Waals surface area (Å²) in [6.45, 7) is 0. The largest absolute Gasteiger partial charge is 1.00 e. The Kier molecular flexibility index (Phi) is 6.03. The van der Waals surface area contributed by atoms with Gasteiger partial charge in [0.05, 0.1) is 0 Å². The molecule has 0 aromatic heterocycles. The van der Waals surface area contributed by atoms with Crippen LogP contribution < -0.4 is 23.8 Å². The minimum absolute atomic E-state index is 0. The average Bonchev–Trinajstić information content (AvgIpc) is 1.43.